The molecule has 5 aromatic rings. The maximum Gasteiger partial charge on any atom is 0.319 e. The fraction of sp³-hybridized carbons (Fsp3) is 0.406. The fourth-order valence-corrected chi connectivity index (χ4v) is 6.54. The second-order valence-electron chi connectivity index (χ2n) is 11.8. The lowest BCUT2D eigenvalue weighted by Gasteiger charge is -2.33. The van der Waals surface area contributed by atoms with Crippen molar-refractivity contribution in [3.8, 4) is 11.3 Å². The van der Waals surface area contributed by atoms with E-state index in [-0.39, 0.29) is 23.7 Å². The van der Waals surface area contributed by atoms with E-state index in [0.29, 0.717) is 35.9 Å². The number of anilines is 1. The number of nitrogens with zero attached hydrogens (tertiary/aromatic N) is 8. The molecule has 4 aromatic heterocycles. The Morgan fingerprint density at radius 1 is 1.14 bits per heavy atom. The Bertz CT molecular complexity index is 1930. The molecule has 6 rings (SSSR count). The van der Waals surface area contributed by atoms with E-state index in [0.717, 1.165) is 51.6 Å². The Hall–Kier alpha value is -4.38. The van der Waals surface area contributed by atoms with Crippen LogP contribution < -0.4 is 10.9 Å². The smallest absolute Gasteiger partial charge is 0.319 e. The van der Waals surface area contributed by atoms with Gasteiger partial charge in [-0.15, -0.1) is 0 Å². The molecule has 2 amide bonds. The molecule has 5 heterocycles. The van der Waals surface area contributed by atoms with Crippen LogP contribution >= 0.6 is 11.6 Å². The van der Waals surface area contributed by atoms with Crippen LogP contribution in [-0.4, -0.2) is 72.1 Å². The molecule has 1 fully saturated rings. The fourth-order valence-electron chi connectivity index (χ4n) is 6.39. The number of aromatic nitrogens is 6. The van der Waals surface area contributed by atoms with Gasteiger partial charge in [0.1, 0.15) is 10.8 Å². The topological polar surface area (TPSA) is 106 Å². The summed E-state index contributed by atoms with van der Waals surface area (Å²) in [6, 6.07) is 7.86. The molecule has 230 valence electrons. The zero-order valence-corrected chi connectivity index (χ0v) is 26.8. The minimum atomic E-state index is -0.173. The van der Waals surface area contributed by atoms with E-state index >= 15 is 0 Å². The quantitative estimate of drug-likeness (QED) is 0.249. The number of hydrogen-bond acceptors (Lipinski definition) is 6. The van der Waals surface area contributed by atoms with Crippen LogP contribution in [0.25, 0.3) is 33.1 Å². The van der Waals surface area contributed by atoms with Crippen LogP contribution in [-0.2, 0) is 13.6 Å². The van der Waals surface area contributed by atoms with E-state index in [1.165, 1.54) is 0 Å². The predicted molar refractivity (Wildman–Crippen MR) is 174 cm³/mol. The molecule has 12 heteroatoms. The van der Waals surface area contributed by atoms with Crippen molar-refractivity contribution in [1.29, 1.82) is 0 Å². The Labute approximate surface area is 261 Å². The van der Waals surface area contributed by atoms with Gasteiger partial charge in [-0.1, -0.05) is 17.7 Å². The molecule has 0 saturated carbocycles. The van der Waals surface area contributed by atoms with Crippen molar-refractivity contribution in [2.45, 2.75) is 52.2 Å². The molecule has 1 atom stereocenters. The molecule has 1 aliphatic heterocycles. The lowest BCUT2D eigenvalue weighted by atomic mass is 9.95. The van der Waals surface area contributed by atoms with Crippen LogP contribution in [0.2, 0.25) is 5.15 Å². The standard InChI is InChI=1S/C32H38ClN9O2/c1-7-41-30-25(17-35-41)28-23(14-19(2)15-24(28)31(43)39(30)6)20(3)36-26-8-9-27(33)37-29(26)21-16-34-42(18-21)22-10-12-40(13-11-22)32(44)38(4)5/h8-9,14-18,20,22,36H,7,10-13H2,1-6H3. The van der Waals surface area contributed by atoms with E-state index in [1.54, 1.807) is 36.7 Å². The normalized spacial score (nSPS) is 14.8. The van der Waals surface area contributed by atoms with Crippen molar-refractivity contribution in [3.05, 3.63) is 69.5 Å². The summed E-state index contributed by atoms with van der Waals surface area (Å²) in [7, 11) is 5.36. The van der Waals surface area contributed by atoms with Gasteiger partial charge in [0.15, 0.2) is 0 Å². The third-order valence-electron chi connectivity index (χ3n) is 8.61. The number of piperidine rings is 1. The number of hydrogen-bond donors (Lipinski definition) is 1. The summed E-state index contributed by atoms with van der Waals surface area (Å²) in [6.45, 7) is 8.17. The van der Waals surface area contributed by atoms with E-state index in [1.807, 2.05) is 58.8 Å². The van der Waals surface area contributed by atoms with Crippen LogP contribution in [0.3, 0.4) is 0 Å². The van der Waals surface area contributed by atoms with E-state index in [9.17, 15) is 9.59 Å². The zero-order valence-electron chi connectivity index (χ0n) is 26.0. The zero-order chi connectivity index (χ0) is 31.3. The average molecular weight is 616 g/mol. The number of urea groups is 1. The number of benzene rings is 1. The average Bonchev–Trinajstić information content (AvgIpc) is 3.68. The van der Waals surface area contributed by atoms with Gasteiger partial charge in [-0.2, -0.15) is 10.2 Å². The minimum Gasteiger partial charge on any atom is -0.377 e. The van der Waals surface area contributed by atoms with Gasteiger partial charge in [-0.3, -0.25) is 14.0 Å². The molecule has 11 nitrogen and oxygen atoms in total. The molecular formula is C32H38ClN9O2. The van der Waals surface area contributed by atoms with Gasteiger partial charge in [-0.25, -0.2) is 14.5 Å². The largest absolute Gasteiger partial charge is 0.377 e. The minimum absolute atomic E-state index is 0.0410. The Morgan fingerprint density at radius 2 is 1.89 bits per heavy atom. The highest BCUT2D eigenvalue weighted by Gasteiger charge is 2.26. The first kappa shape index (κ1) is 29.7. The number of halogens is 1. The number of carbonyl (C=O) groups is 1. The van der Waals surface area contributed by atoms with Crippen molar-refractivity contribution in [2.24, 2.45) is 7.05 Å². The van der Waals surface area contributed by atoms with Gasteiger partial charge < -0.3 is 15.1 Å². The summed E-state index contributed by atoms with van der Waals surface area (Å²) in [4.78, 5) is 34.1. The van der Waals surface area contributed by atoms with Crippen molar-refractivity contribution in [2.75, 3.05) is 32.5 Å². The van der Waals surface area contributed by atoms with Crippen LogP contribution in [0.5, 0.6) is 0 Å². The number of carbonyl (C=O) groups excluding carboxylic acids is 1. The summed E-state index contributed by atoms with van der Waals surface area (Å²) in [5.41, 5.74) is 5.14. The summed E-state index contributed by atoms with van der Waals surface area (Å²) in [6.07, 6.45) is 7.34. The number of fused-ring (bicyclic) bond motifs is 3. The number of aryl methyl sites for hydroxylation is 3. The third-order valence-corrected chi connectivity index (χ3v) is 8.82. The van der Waals surface area contributed by atoms with Crippen molar-refractivity contribution < 1.29 is 4.79 Å². The van der Waals surface area contributed by atoms with E-state index < -0.39 is 0 Å². The van der Waals surface area contributed by atoms with Gasteiger partial charge in [0, 0.05) is 74.7 Å². The highest BCUT2D eigenvalue weighted by molar-refractivity contribution is 6.29. The molecule has 1 aromatic carbocycles. The Kier molecular flexibility index (Phi) is 7.83. The monoisotopic (exact) mass is 615 g/mol. The summed E-state index contributed by atoms with van der Waals surface area (Å²) in [5.74, 6) is 0. The number of likely N-dealkylation sites (tertiary alicyclic amines) is 1. The molecule has 0 aliphatic carbocycles. The molecule has 1 aliphatic rings. The highest BCUT2D eigenvalue weighted by atomic mass is 35.5. The molecule has 1 unspecified atom stereocenters. The van der Waals surface area contributed by atoms with Crippen LogP contribution in [0.15, 0.2) is 47.7 Å². The lowest BCUT2D eigenvalue weighted by Crippen LogP contribution is -2.44. The number of pyridine rings is 2. The van der Waals surface area contributed by atoms with Gasteiger partial charge in [0.25, 0.3) is 5.56 Å². The van der Waals surface area contributed by atoms with Crippen molar-refractivity contribution in [3.63, 3.8) is 0 Å². The van der Waals surface area contributed by atoms with Gasteiger partial charge in [0.05, 0.1) is 29.8 Å². The number of nitrogens with one attached hydrogen (secondary N) is 1. The summed E-state index contributed by atoms with van der Waals surface area (Å²) in [5, 5.41) is 15.8. The van der Waals surface area contributed by atoms with E-state index in [2.05, 4.69) is 28.5 Å². The first-order chi connectivity index (χ1) is 21.1. The molecular weight excluding hydrogens is 578 g/mol. The van der Waals surface area contributed by atoms with Gasteiger partial charge in [0.2, 0.25) is 0 Å². The molecule has 0 spiro atoms. The number of rotatable bonds is 6. The SMILES string of the molecule is CCn1ncc2c3c(C(C)Nc4ccc(Cl)nc4-c4cnn(C5CCN(C(=O)N(C)C)CC5)c4)cc(C)cc3c(=O)n(C)c21. The summed E-state index contributed by atoms with van der Waals surface area (Å²) < 4.78 is 5.54. The van der Waals surface area contributed by atoms with Gasteiger partial charge in [-0.05, 0) is 62.9 Å². The highest BCUT2D eigenvalue weighted by Crippen LogP contribution is 2.35. The molecule has 1 saturated heterocycles. The second-order valence-corrected chi connectivity index (χ2v) is 12.2. The van der Waals surface area contributed by atoms with Crippen LogP contribution in [0.1, 0.15) is 49.9 Å². The van der Waals surface area contributed by atoms with Crippen molar-refractivity contribution >= 4 is 45.1 Å². The lowest BCUT2D eigenvalue weighted by molar-refractivity contribution is 0.146. The third kappa shape index (κ3) is 5.19. The maximum absolute atomic E-state index is 13.5. The van der Waals surface area contributed by atoms with Crippen molar-refractivity contribution in [1.82, 2.24) is 38.9 Å². The summed E-state index contributed by atoms with van der Waals surface area (Å²) >= 11 is 6.41. The molecule has 44 heavy (non-hydrogen) atoms. The van der Waals surface area contributed by atoms with Crippen LogP contribution in [0, 0.1) is 6.92 Å². The Balaban J connectivity index is 1.33. The maximum atomic E-state index is 13.5. The first-order valence-corrected chi connectivity index (χ1v) is 15.4. The Morgan fingerprint density at radius 3 is 2.59 bits per heavy atom. The van der Waals surface area contributed by atoms with Crippen LogP contribution in [0.4, 0.5) is 10.5 Å². The molecule has 1 N–H and O–H groups in total. The molecule has 0 bridgehead atoms. The second kappa shape index (κ2) is 11.6. The van der Waals surface area contributed by atoms with E-state index in [4.69, 9.17) is 16.6 Å². The van der Waals surface area contributed by atoms with Gasteiger partial charge >= 0.3 is 6.03 Å². The number of amides is 2. The molecule has 0 radical (unpaired) electrons. The first-order valence-electron chi connectivity index (χ1n) is 15.0. The predicted octanol–water partition coefficient (Wildman–Crippen LogP) is 5.62.